The number of nitrogens with one attached hydrogen (secondary N) is 1. The summed E-state index contributed by atoms with van der Waals surface area (Å²) < 4.78 is 7.57. The van der Waals surface area contributed by atoms with Crippen molar-refractivity contribution in [3.05, 3.63) is 30.0 Å². The van der Waals surface area contributed by atoms with Gasteiger partial charge in [-0.3, -0.25) is 4.68 Å². The van der Waals surface area contributed by atoms with Crippen molar-refractivity contribution in [2.24, 2.45) is 7.05 Å². The van der Waals surface area contributed by atoms with Gasteiger partial charge in [-0.25, -0.2) is 0 Å². The Morgan fingerprint density at radius 2 is 2.32 bits per heavy atom. The zero-order valence-corrected chi connectivity index (χ0v) is 11.4. The molecule has 4 heteroatoms. The number of fused-ring (bicyclic) bond motifs is 1. The molecule has 0 saturated carbocycles. The van der Waals surface area contributed by atoms with Crippen LogP contribution >= 0.6 is 0 Å². The number of hydrogen-bond donors (Lipinski definition) is 1. The lowest BCUT2D eigenvalue weighted by Gasteiger charge is -2.09. The Hall–Kier alpha value is -1.39. The highest BCUT2D eigenvalue weighted by Gasteiger charge is 2.14. The first-order valence-corrected chi connectivity index (χ1v) is 7.07. The lowest BCUT2D eigenvalue weighted by atomic mass is 10.2. The molecule has 1 aromatic heterocycles. The van der Waals surface area contributed by atoms with Gasteiger partial charge in [0.25, 0.3) is 0 Å². The van der Waals surface area contributed by atoms with Crippen molar-refractivity contribution in [2.75, 3.05) is 13.2 Å². The van der Waals surface area contributed by atoms with Crippen LogP contribution in [0.15, 0.2) is 24.3 Å². The number of rotatable bonds is 5. The lowest BCUT2D eigenvalue weighted by molar-refractivity contribution is 0.104. The molecule has 1 aliphatic heterocycles. The van der Waals surface area contributed by atoms with Gasteiger partial charge in [-0.05, 0) is 31.9 Å². The smallest absolute Gasteiger partial charge is 0.0841 e. The molecule has 3 rings (SSSR count). The number of hydrogen-bond acceptors (Lipinski definition) is 3. The predicted molar refractivity (Wildman–Crippen MR) is 76.0 cm³/mol. The van der Waals surface area contributed by atoms with E-state index in [-0.39, 0.29) is 0 Å². The monoisotopic (exact) mass is 259 g/mol. The molecule has 2 heterocycles. The maximum Gasteiger partial charge on any atom is 0.0841 e. The summed E-state index contributed by atoms with van der Waals surface area (Å²) >= 11 is 0. The van der Waals surface area contributed by atoms with Gasteiger partial charge in [0.1, 0.15) is 0 Å². The highest BCUT2D eigenvalue weighted by atomic mass is 16.5. The van der Waals surface area contributed by atoms with Crippen LogP contribution in [-0.2, 0) is 18.3 Å². The average Bonchev–Trinajstić information content (AvgIpc) is 3.04. The zero-order valence-electron chi connectivity index (χ0n) is 11.4. The van der Waals surface area contributed by atoms with Crippen molar-refractivity contribution in [3.63, 3.8) is 0 Å². The molecule has 4 nitrogen and oxygen atoms in total. The molecular formula is C15H21N3O. The Morgan fingerprint density at radius 3 is 3.16 bits per heavy atom. The Bertz CT molecular complexity index is 543. The highest BCUT2D eigenvalue weighted by molar-refractivity contribution is 5.81. The van der Waals surface area contributed by atoms with Gasteiger partial charge in [-0.15, -0.1) is 0 Å². The third-order valence-corrected chi connectivity index (χ3v) is 3.79. The molecule has 1 saturated heterocycles. The van der Waals surface area contributed by atoms with E-state index in [4.69, 9.17) is 4.74 Å². The maximum atomic E-state index is 5.62. The first-order chi connectivity index (χ1) is 9.34. The minimum Gasteiger partial charge on any atom is -0.378 e. The molecule has 102 valence electrons. The molecule has 1 unspecified atom stereocenters. The van der Waals surface area contributed by atoms with Crippen molar-refractivity contribution in [1.29, 1.82) is 0 Å². The second-order valence-electron chi connectivity index (χ2n) is 5.19. The van der Waals surface area contributed by atoms with Gasteiger partial charge in [0.2, 0.25) is 0 Å². The van der Waals surface area contributed by atoms with Gasteiger partial charge < -0.3 is 10.1 Å². The molecule has 2 aromatic rings. The first kappa shape index (κ1) is 12.6. The van der Waals surface area contributed by atoms with Crippen LogP contribution in [0.3, 0.4) is 0 Å². The van der Waals surface area contributed by atoms with Crippen LogP contribution < -0.4 is 5.32 Å². The standard InChI is InChI=1S/C15H21N3O/c1-18-15-7-3-2-6-13(15)14(17-18)11-16-9-8-12-5-4-10-19-12/h2-3,6-7,12,16H,4-5,8-11H2,1H3. The van der Waals surface area contributed by atoms with E-state index in [0.717, 1.165) is 31.8 Å². The van der Waals surface area contributed by atoms with Crippen molar-refractivity contribution in [3.8, 4) is 0 Å². The number of para-hydroxylation sites is 1. The quantitative estimate of drug-likeness (QED) is 0.837. The number of aryl methyl sites for hydroxylation is 1. The summed E-state index contributed by atoms with van der Waals surface area (Å²) in [7, 11) is 2.00. The van der Waals surface area contributed by atoms with Crippen molar-refractivity contribution in [2.45, 2.75) is 31.9 Å². The summed E-state index contributed by atoms with van der Waals surface area (Å²) in [6.45, 7) is 2.76. The average molecular weight is 259 g/mol. The van der Waals surface area contributed by atoms with Crippen molar-refractivity contribution in [1.82, 2.24) is 15.1 Å². The third-order valence-electron chi connectivity index (χ3n) is 3.79. The summed E-state index contributed by atoms with van der Waals surface area (Å²) in [5, 5.41) is 9.31. The minimum absolute atomic E-state index is 0.466. The molecule has 1 fully saturated rings. The predicted octanol–water partition coefficient (Wildman–Crippen LogP) is 2.23. The fraction of sp³-hybridized carbons (Fsp3) is 0.533. The fourth-order valence-corrected chi connectivity index (χ4v) is 2.76. The zero-order chi connectivity index (χ0) is 13.1. The van der Waals surface area contributed by atoms with Gasteiger partial charge in [0.05, 0.1) is 17.3 Å². The Balaban J connectivity index is 1.56. The van der Waals surface area contributed by atoms with Crippen LogP contribution in [0.4, 0.5) is 0 Å². The normalized spacial score (nSPS) is 19.3. The van der Waals surface area contributed by atoms with Gasteiger partial charge in [-0.2, -0.15) is 5.10 Å². The molecule has 0 radical (unpaired) electrons. The SMILES string of the molecule is Cn1nc(CNCCC2CCCO2)c2ccccc21. The van der Waals surface area contributed by atoms with E-state index in [0.29, 0.717) is 6.10 Å². The summed E-state index contributed by atoms with van der Waals surface area (Å²) in [4.78, 5) is 0. The van der Waals surface area contributed by atoms with Gasteiger partial charge >= 0.3 is 0 Å². The van der Waals surface area contributed by atoms with Crippen LogP contribution in [0.5, 0.6) is 0 Å². The van der Waals surface area contributed by atoms with Crippen LogP contribution in [-0.4, -0.2) is 29.0 Å². The van der Waals surface area contributed by atoms with E-state index in [1.807, 2.05) is 11.7 Å². The molecule has 0 amide bonds. The first-order valence-electron chi connectivity index (χ1n) is 7.07. The lowest BCUT2D eigenvalue weighted by Crippen LogP contribution is -2.20. The summed E-state index contributed by atoms with van der Waals surface area (Å²) in [5.74, 6) is 0. The summed E-state index contributed by atoms with van der Waals surface area (Å²) in [6.07, 6.45) is 4.00. The number of ether oxygens (including phenoxy) is 1. The van der Waals surface area contributed by atoms with Crippen LogP contribution in [0.25, 0.3) is 10.9 Å². The maximum absolute atomic E-state index is 5.62. The largest absolute Gasteiger partial charge is 0.378 e. The third kappa shape index (κ3) is 2.80. The van der Waals surface area contributed by atoms with Gasteiger partial charge in [-0.1, -0.05) is 18.2 Å². The summed E-state index contributed by atoms with van der Waals surface area (Å²) in [5.41, 5.74) is 2.32. The van der Waals surface area contributed by atoms with Crippen LogP contribution in [0.1, 0.15) is 25.0 Å². The number of benzene rings is 1. The molecule has 1 atom stereocenters. The van der Waals surface area contributed by atoms with Crippen molar-refractivity contribution < 1.29 is 4.74 Å². The van der Waals surface area contributed by atoms with E-state index in [9.17, 15) is 0 Å². The molecule has 1 aliphatic rings. The minimum atomic E-state index is 0.466. The number of nitrogens with zero attached hydrogens (tertiary/aromatic N) is 2. The van der Waals surface area contributed by atoms with Crippen LogP contribution in [0, 0.1) is 0 Å². The van der Waals surface area contributed by atoms with E-state index >= 15 is 0 Å². The molecule has 1 N–H and O–H groups in total. The summed E-state index contributed by atoms with van der Waals surface area (Å²) in [6, 6.07) is 8.37. The molecule has 19 heavy (non-hydrogen) atoms. The fourth-order valence-electron chi connectivity index (χ4n) is 2.76. The highest BCUT2D eigenvalue weighted by Crippen LogP contribution is 2.17. The van der Waals surface area contributed by atoms with E-state index in [1.165, 1.54) is 23.7 Å². The molecule has 0 spiro atoms. The van der Waals surface area contributed by atoms with E-state index in [2.05, 4.69) is 34.7 Å². The molecule has 0 bridgehead atoms. The molecule has 1 aromatic carbocycles. The Labute approximate surface area is 113 Å². The second kappa shape index (κ2) is 5.72. The second-order valence-corrected chi connectivity index (χ2v) is 5.19. The Morgan fingerprint density at radius 1 is 1.42 bits per heavy atom. The Kier molecular flexibility index (Phi) is 3.80. The van der Waals surface area contributed by atoms with E-state index in [1.54, 1.807) is 0 Å². The number of aromatic nitrogens is 2. The van der Waals surface area contributed by atoms with Gasteiger partial charge in [0, 0.05) is 25.6 Å². The molecular weight excluding hydrogens is 238 g/mol. The van der Waals surface area contributed by atoms with E-state index < -0.39 is 0 Å². The van der Waals surface area contributed by atoms with Gasteiger partial charge in [0.15, 0.2) is 0 Å². The van der Waals surface area contributed by atoms with Crippen LogP contribution in [0.2, 0.25) is 0 Å². The topological polar surface area (TPSA) is 39.1 Å². The van der Waals surface area contributed by atoms with Crippen molar-refractivity contribution >= 4 is 10.9 Å². The molecule has 0 aliphatic carbocycles.